The predicted octanol–water partition coefficient (Wildman–Crippen LogP) is 3.40. The van der Waals surface area contributed by atoms with E-state index in [0.717, 1.165) is 19.4 Å². The first-order valence-corrected chi connectivity index (χ1v) is 6.63. The maximum Gasteiger partial charge on any atom is 0.0443 e. The van der Waals surface area contributed by atoms with Crippen molar-refractivity contribution in [3.63, 3.8) is 0 Å². The van der Waals surface area contributed by atoms with Gasteiger partial charge in [-0.1, -0.05) is 36.4 Å². The minimum absolute atomic E-state index is 0.297. The van der Waals surface area contributed by atoms with Crippen LogP contribution in [0.5, 0.6) is 0 Å². The van der Waals surface area contributed by atoms with E-state index in [9.17, 15) is 0 Å². The molecule has 0 fully saturated rings. The molecule has 18 heavy (non-hydrogen) atoms. The van der Waals surface area contributed by atoms with Crippen LogP contribution in [0.15, 0.2) is 42.5 Å². The molecule has 0 aromatic heterocycles. The zero-order valence-electron chi connectivity index (χ0n) is 11.3. The molecule has 0 aliphatic rings. The van der Waals surface area contributed by atoms with E-state index in [1.54, 1.807) is 0 Å². The van der Waals surface area contributed by atoms with Gasteiger partial charge in [0, 0.05) is 30.7 Å². The first kappa shape index (κ1) is 12.9. The van der Waals surface area contributed by atoms with E-state index in [4.69, 9.17) is 5.73 Å². The van der Waals surface area contributed by atoms with E-state index < -0.39 is 0 Å². The Morgan fingerprint density at radius 2 is 1.83 bits per heavy atom. The number of fused-ring (bicyclic) bond motifs is 1. The van der Waals surface area contributed by atoms with Crippen LogP contribution in [0.1, 0.15) is 19.8 Å². The lowest BCUT2D eigenvalue weighted by atomic mass is 10.1. The van der Waals surface area contributed by atoms with Crippen molar-refractivity contribution < 1.29 is 0 Å². The van der Waals surface area contributed by atoms with Gasteiger partial charge in [0.25, 0.3) is 0 Å². The first-order chi connectivity index (χ1) is 8.68. The summed E-state index contributed by atoms with van der Waals surface area (Å²) >= 11 is 0. The maximum absolute atomic E-state index is 5.79. The smallest absolute Gasteiger partial charge is 0.0443 e. The van der Waals surface area contributed by atoms with Crippen LogP contribution in [0.3, 0.4) is 0 Å². The highest BCUT2D eigenvalue weighted by Crippen LogP contribution is 2.25. The summed E-state index contributed by atoms with van der Waals surface area (Å²) in [6, 6.07) is 15.3. The number of rotatable bonds is 5. The largest absolute Gasteiger partial charge is 0.374 e. The van der Waals surface area contributed by atoms with Crippen molar-refractivity contribution in [2.45, 2.75) is 25.8 Å². The Labute approximate surface area is 109 Å². The SMILES string of the molecule is CC(N)CCCN(C)c1cccc2ccccc12. The van der Waals surface area contributed by atoms with Crippen molar-refractivity contribution in [1.82, 2.24) is 0 Å². The number of benzene rings is 2. The summed E-state index contributed by atoms with van der Waals surface area (Å²) in [5.74, 6) is 0. The minimum Gasteiger partial charge on any atom is -0.374 e. The van der Waals surface area contributed by atoms with Crippen LogP contribution < -0.4 is 10.6 Å². The Morgan fingerprint density at radius 3 is 2.61 bits per heavy atom. The minimum atomic E-state index is 0.297. The van der Waals surface area contributed by atoms with Crippen molar-refractivity contribution in [2.24, 2.45) is 5.73 Å². The molecule has 2 nitrogen and oxygen atoms in total. The summed E-state index contributed by atoms with van der Waals surface area (Å²) in [6.45, 7) is 3.12. The number of nitrogens with two attached hydrogens (primary N) is 1. The molecule has 0 aliphatic heterocycles. The summed E-state index contributed by atoms with van der Waals surface area (Å²) in [4.78, 5) is 2.32. The standard InChI is InChI=1S/C16H22N2/c1-13(17)7-6-12-18(2)16-11-5-9-14-8-3-4-10-15(14)16/h3-5,8-11,13H,6-7,12,17H2,1-2H3. The van der Waals surface area contributed by atoms with Gasteiger partial charge in [-0.3, -0.25) is 0 Å². The summed E-state index contributed by atoms with van der Waals surface area (Å²) in [5.41, 5.74) is 7.09. The monoisotopic (exact) mass is 242 g/mol. The second-order valence-corrected chi connectivity index (χ2v) is 5.04. The lowest BCUT2D eigenvalue weighted by molar-refractivity contribution is 0.622. The quantitative estimate of drug-likeness (QED) is 0.870. The molecule has 0 heterocycles. The average molecular weight is 242 g/mol. The molecule has 2 aromatic carbocycles. The van der Waals surface area contributed by atoms with E-state index >= 15 is 0 Å². The second kappa shape index (κ2) is 5.87. The van der Waals surface area contributed by atoms with Crippen molar-refractivity contribution in [1.29, 1.82) is 0 Å². The Bertz CT molecular complexity index is 500. The van der Waals surface area contributed by atoms with E-state index in [1.807, 2.05) is 0 Å². The molecule has 2 heteroatoms. The molecule has 0 saturated heterocycles. The molecule has 2 aromatic rings. The topological polar surface area (TPSA) is 29.3 Å². The van der Waals surface area contributed by atoms with Gasteiger partial charge in [0.15, 0.2) is 0 Å². The number of hydrogen-bond acceptors (Lipinski definition) is 2. The molecular weight excluding hydrogens is 220 g/mol. The molecule has 0 amide bonds. The Kier molecular flexibility index (Phi) is 4.21. The van der Waals surface area contributed by atoms with E-state index in [0.29, 0.717) is 6.04 Å². The Balaban J connectivity index is 2.15. The molecule has 0 radical (unpaired) electrons. The number of anilines is 1. The lowest BCUT2D eigenvalue weighted by Crippen LogP contribution is -2.22. The molecule has 2 rings (SSSR count). The first-order valence-electron chi connectivity index (χ1n) is 6.63. The highest BCUT2D eigenvalue weighted by molar-refractivity contribution is 5.94. The van der Waals surface area contributed by atoms with Gasteiger partial charge in [0.2, 0.25) is 0 Å². The lowest BCUT2D eigenvalue weighted by Gasteiger charge is -2.21. The Hall–Kier alpha value is -1.54. The van der Waals surface area contributed by atoms with Gasteiger partial charge >= 0.3 is 0 Å². The second-order valence-electron chi connectivity index (χ2n) is 5.04. The molecule has 0 saturated carbocycles. The van der Waals surface area contributed by atoms with Crippen LogP contribution in [0, 0.1) is 0 Å². The summed E-state index contributed by atoms with van der Waals surface area (Å²) < 4.78 is 0. The van der Waals surface area contributed by atoms with Crippen LogP contribution in [0.2, 0.25) is 0 Å². The predicted molar refractivity (Wildman–Crippen MR) is 80.1 cm³/mol. The van der Waals surface area contributed by atoms with E-state index in [2.05, 4.69) is 61.3 Å². The van der Waals surface area contributed by atoms with Crippen LogP contribution in [-0.4, -0.2) is 19.6 Å². The summed E-state index contributed by atoms with van der Waals surface area (Å²) in [7, 11) is 2.16. The fourth-order valence-corrected chi connectivity index (χ4v) is 2.31. The van der Waals surface area contributed by atoms with Gasteiger partial charge in [0.1, 0.15) is 0 Å². The zero-order chi connectivity index (χ0) is 13.0. The van der Waals surface area contributed by atoms with Gasteiger partial charge in [-0.2, -0.15) is 0 Å². The fourth-order valence-electron chi connectivity index (χ4n) is 2.31. The van der Waals surface area contributed by atoms with Gasteiger partial charge in [-0.15, -0.1) is 0 Å². The third-order valence-electron chi connectivity index (χ3n) is 3.33. The third kappa shape index (κ3) is 3.02. The van der Waals surface area contributed by atoms with Crippen LogP contribution in [-0.2, 0) is 0 Å². The van der Waals surface area contributed by atoms with Gasteiger partial charge in [-0.05, 0) is 31.2 Å². The fraction of sp³-hybridized carbons (Fsp3) is 0.375. The van der Waals surface area contributed by atoms with Crippen molar-refractivity contribution >= 4 is 16.5 Å². The average Bonchev–Trinajstić information content (AvgIpc) is 2.37. The van der Waals surface area contributed by atoms with Gasteiger partial charge in [0.05, 0.1) is 0 Å². The molecule has 96 valence electrons. The highest BCUT2D eigenvalue weighted by Gasteiger charge is 2.05. The van der Waals surface area contributed by atoms with Gasteiger partial charge in [-0.25, -0.2) is 0 Å². The normalized spacial score (nSPS) is 12.6. The summed E-state index contributed by atoms with van der Waals surface area (Å²) in [5, 5.41) is 2.62. The van der Waals surface area contributed by atoms with Crippen molar-refractivity contribution in [3.05, 3.63) is 42.5 Å². The molecule has 1 unspecified atom stereocenters. The zero-order valence-corrected chi connectivity index (χ0v) is 11.3. The third-order valence-corrected chi connectivity index (χ3v) is 3.33. The molecule has 0 bridgehead atoms. The molecule has 1 atom stereocenters. The van der Waals surface area contributed by atoms with Crippen LogP contribution in [0.25, 0.3) is 10.8 Å². The van der Waals surface area contributed by atoms with Crippen molar-refractivity contribution in [2.75, 3.05) is 18.5 Å². The van der Waals surface area contributed by atoms with Crippen molar-refractivity contribution in [3.8, 4) is 0 Å². The van der Waals surface area contributed by atoms with Crippen LogP contribution in [0.4, 0.5) is 5.69 Å². The van der Waals surface area contributed by atoms with Gasteiger partial charge < -0.3 is 10.6 Å². The van der Waals surface area contributed by atoms with E-state index in [1.165, 1.54) is 16.5 Å². The molecular formula is C16H22N2. The molecule has 0 aliphatic carbocycles. The molecule has 0 spiro atoms. The molecule has 2 N–H and O–H groups in total. The maximum atomic E-state index is 5.79. The highest BCUT2D eigenvalue weighted by atomic mass is 15.1. The van der Waals surface area contributed by atoms with E-state index in [-0.39, 0.29) is 0 Å². The van der Waals surface area contributed by atoms with Crippen LogP contribution >= 0.6 is 0 Å². The number of nitrogens with zero attached hydrogens (tertiary/aromatic N) is 1. The Morgan fingerprint density at radius 1 is 1.11 bits per heavy atom. The summed E-state index contributed by atoms with van der Waals surface area (Å²) in [6.07, 6.45) is 2.21. The number of hydrogen-bond donors (Lipinski definition) is 1.